The average Bonchev–Trinajstić information content (AvgIpc) is 1.84. The monoisotopic (exact) mass is 152 g/mol. The van der Waals surface area contributed by atoms with Crippen molar-refractivity contribution in [1.82, 2.24) is 0 Å². The lowest BCUT2D eigenvalue weighted by atomic mass is 9.98. The minimum atomic E-state index is 0.270. The molecule has 1 aliphatic carbocycles. The first kappa shape index (κ1) is 8.51. The molecule has 0 amide bonds. The first-order chi connectivity index (χ1) is 5.30. The fourth-order valence-corrected chi connectivity index (χ4v) is 1.51. The van der Waals surface area contributed by atoms with Gasteiger partial charge < -0.3 is 0 Å². The molecule has 0 unspecified atom stereocenters. The molecule has 0 N–H and O–H groups in total. The van der Waals surface area contributed by atoms with Crippen LogP contribution in [0.5, 0.6) is 0 Å². The van der Waals surface area contributed by atoms with Gasteiger partial charge in [0.2, 0.25) is 0 Å². The molecule has 11 heavy (non-hydrogen) atoms. The fraction of sp³-hybridized carbons (Fsp3) is 0.700. The molecule has 0 saturated heterocycles. The Morgan fingerprint density at radius 1 is 1.27 bits per heavy atom. The zero-order valence-electron chi connectivity index (χ0n) is 7.23. The summed E-state index contributed by atoms with van der Waals surface area (Å²) in [5, 5.41) is 0. The highest BCUT2D eigenvalue weighted by Gasteiger charge is 2.04. The standard InChI is InChI=1S/C10H16O/c1-9(11)10-7-5-3-2-4-6-8-10/h7H,2-6,8H2,1H3. The number of Topliss-reactive ketones (excluding diaryl/α,β-unsaturated/α-hetero) is 1. The zero-order valence-corrected chi connectivity index (χ0v) is 7.23. The van der Waals surface area contributed by atoms with Gasteiger partial charge in [0, 0.05) is 0 Å². The quantitative estimate of drug-likeness (QED) is 0.564. The Morgan fingerprint density at radius 2 is 2.00 bits per heavy atom. The first-order valence-corrected chi connectivity index (χ1v) is 4.50. The summed E-state index contributed by atoms with van der Waals surface area (Å²) in [7, 11) is 0. The Balaban J connectivity index is 2.52. The van der Waals surface area contributed by atoms with Crippen LogP contribution in [0.2, 0.25) is 0 Å². The summed E-state index contributed by atoms with van der Waals surface area (Å²) < 4.78 is 0. The molecule has 0 atom stereocenters. The number of rotatable bonds is 1. The van der Waals surface area contributed by atoms with Crippen molar-refractivity contribution < 1.29 is 4.79 Å². The van der Waals surface area contributed by atoms with Gasteiger partial charge >= 0.3 is 0 Å². The average molecular weight is 152 g/mol. The van der Waals surface area contributed by atoms with Crippen LogP contribution in [0, 0.1) is 0 Å². The highest BCUT2D eigenvalue weighted by molar-refractivity contribution is 5.93. The van der Waals surface area contributed by atoms with Crippen LogP contribution in [0.15, 0.2) is 11.6 Å². The van der Waals surface area contributed by atoms with Crippen LogP contribution in [-0.4, -0.2) is 5.78 Å². The van der Waals surface area contributed by atoms with E-state index in [2.05, 4.69) is 6.08 Å². The van der Waals surface area contributed by atoms with Crippen LogP contribution in [0.4, 0.5) is 0 Å². The van der Waals surface area contributed by atoms with Crippen LogP contribution in [0.1, 0.15) is 45.4 Å². The van der Waals surface area contributed by atoms with Crippen molar-refractivity contribution in [3.05, 3.63) is 11.6 Å². The van der Waals surface area contributed by atoms with E-state index in [1.807, 2.05) is 0 Å². The van der Waals surface area contributed by atoms with Crippen LogP contribution in [0.3, 0.4) is 0 Å². The topological polar surface area (TPSA) is 17.1 Å². The molecule has 0 bridgehead atoms. The van der Waals surface area contributed by atoms with Crippen molar-refractivity contribution in [3.8, 4) is 0 Å². The van der Waals surface area contributed by atoms with E-state index < -0.39 is 0 Å². The number of hydrogen-bond donors (Lipinski definition) is 0. The van der Waals surface area contributed by atoms with Crippen molar-refractivity contribution in [2.75, 3.05) is 0 Å². The summed E-state index contributed by atoms with van der Waals surface area (Å²) in [5.41, 5.74) is 1.06. The van der Waals surface area contributed by atoms with Crippen LogP contribution in [0.25, 0.3) is 0 Å². The van der Waals surface area contributed by atoms with E-state index in [4.69, 9.17) is 0 Å². The Labute approximate surface area is 68.5 Å². The van der Waals surface area contributed by atoms with Crippen molar-refractivity contribution in [2.24, 2.45) is 0 Å². The fourth-order valence-electron chi connectivity index (χ4n) is 1.51. The van der Waals surface area contributed by atoms with E-state index in [1.165, 1.54) is 25.7 Å². The second-order valence-corrected chi connectivity index (χ2v) is 3.24. The van der Waals surface area contributed by atoms with Gasteiger partial charge in [-0.3, -0.25) is 4.79 Å². The second kappa shape index (κ2) is 4.32. The van der Waals surface area contributed by atoms with Gasteiger partial charge in [0.05, 0.1) is 0 Å². The van der Waals surface area contributed by atoms with E-state index in [9.17, 15) is 4.79 Å². The summed E-state index contributed by atoms with van der Waals surface area (Å²) in [6.07, 6.45) is 9.33. The molecule has 1 rings (SSSR count). The summed E-state index contributed by atoms with van der Waals surface area (Å²) in [6, 6.07) is 0. The molecular formula is C10H16O. The predicted molar refractivity (Wildman–Crippen MR) is 46.5 cm³/mol. The van der Waals surface area contributed by atoms with Crippen molar-refractivity contribution in [1.29, 1.82) is 0 Å². The molecule has 1 heteroatoms. The Morgan fingerprint density at radius 3 is 2.73 bits per heavy atom. The summed E-state index contributed by atoms with van der Waals surface area (Å²) in [5.74, 6) is 0.270. The minimum Gasteiger partial charge on any atom is -0.295 e. The maximum Gasteiger partial charge on any atom is 0.155 e. The molecule has 0 aromatic heterocycles. The van der Waals surface area contributed by atoms with E-state index in [0.717, 1.165) is 18.4 Å². The molecule has 62 valence electrons. The van der Waals surface area contributed by atoms with Gasteiger partial charge in [-0.2, -0.15) is 0 Å². The van der Waals surface area contributed by atoms with Crippen LogP contribution < -0.4 is 0 Å². The largest absolute Gasteiger partial charge is 0.295 e. The maximum atomic E-state index is 11.0. The Kier molecular flexibility index (Phi) is 3.34. The molecule has 0 spiro atoms. The highest BCUT2D eigenvalue weighted by Crippen LogP contribution is 2.17. The summed E-state index contributed by atoms with van der Waals surface area (Å²) in [4.78, 5) is 11.0. The van der Waals surface area contributed by atoms with E-state index in [1.54, 1.807) is 6.92 Å². The third kappa shape index (κ3) is 2.87. The third-order valence-electron chi connectivity index (χ3n) is 2.24. The summed E-state index contributed by atoms with van der Waals surface area (Å²) in [6.45, 7) is 1.67. The van der Waals surface area contributed by atoms with Crippen molar-refractivity contribution >= 4 is 5.78 Å². The minimum absolute atomic E-state index is 0.270. The van der Waals surface area contributed by atoms with Gasteiger partial charge in [0.25, 0.3) is 0 Å². The first-order valence-electron chi connectivity index (χ1n) is 4.50. The molecule has 0 heterocycles. The summed E-state index contributed by atoms with van der Waals surface area (Å²) >= 11 is 0. The number of allylic oxidation sites excluding steroid dienone is 2. The lowest BCUT2D eigenvalue weighted by Crippen LogP contribution is -1.98. The molecule has 1 nitrogen and oxygen atoms in total. The van der Waals surface area contributed by atoms with Crippen LogP contribution in [-0.2, 0) is 4.79 Å². The SMILES string of the molecule is CC(=O)C1=CCCCCCC1. The lowest BCUT2D eigenvalue weighted by Gasteiger charge is -2.07. The molecule has 0 aliphatic heterocycles. The molecular weight excluding hydrogens is 136 g/mol. The van der Waals surface area contributed by atoms with E-state index in [0.29, 0.717) is 0 Å². The molecule has 0 radical (unpaired) electrons. The molecule has 0 fully saturated rings. The number of carbonyl (C=O) groups is 1. The van der Waals surface area contributed by atoms with Gasteiger partial charge in [-0.15, -0.1) is 0 Å². The number of hydrogen-bond acceptors (Lipinski definition) is 1. The lowest BCUT2D eigenvalue weighted by molar-refractivity contribution is -0.113. The smallest absolute Gasteiger partial charge is 0.155 e. The Hall–Kier alpha value is -0.590. The maximum absolute atomic E-state index is 11.0. The predicted octanol–water partition coefficient (Wildman–Crippen LogP) is 2.86. The number of carbonyl (C=O) groups excluding carboxylic acids is 1. The van der Waals surface area contributed by atoms with Gasteiger partial charge in [0.1, 0.15) is 0 Å². The van der Waals surface area contributed by atoms with Crippen molar-refractivity contribution in [3.63, 3.8) is 0 Å². The van der Waals surface area contributed by atoms with Gasteiger partial charge in [0.15, 0.2) is 5.78 Å². The van der Waals surface area contributed by atoms with E-state index >= 15 is 0 Å². The van der Waals surface area contributed by atoms with Gasteiger partial charge in [-0.25, -0.2) is 0 Å². The van der Waals surface area contributed by atoms with Gasteiger partial charge in [-0.05, 0) is 38.2 Å². The second-order valence-electron chi connectivity index (χ2n) is 3.24. The highest BCUT2D eigenvalue weighted by atomic mass is 16.1. The number of ketones is 1. The third-order valence-corrected chi connectivity index (χ3v) is 2.24. The zero-order chi connectivity index (χ0) is 8.10. The normalized spacial score (nSPS) is 19.9. The van der Waals surface area contributed by atoms with Crippen LogP contribution >= 0.6 is 0 Å². The molecule has 0 saturated carbocycles. The van der Waals surface area contributed by atoms with Gasteiger partial charge in [-0.1, -0.05) is 18.9 Å². The molecule has 0 aromatic carbocycles. The molecule has 1 aliphatic rings. The molecule has 0 aromatic rings. The van der Waals surface area contributed by atoms with E-state index in [-0.39, 0.29) is 5.78 Å². The Bertz CT molecular complexity index is 168. The van der Waals surface area contributed by atoms with Crippen molar-refractivity contribution in [2.45, 2.75) is 45.4 Å².